The van der Waals surface area contributed by atoms with E-state index in [9.17, 15) is 0 Å². The minimum atomic E-state index is 0.719. The molecule has 0 fully saturated rings. The van der Waals surface area contributed by atoms with Gasteiger partial charge in [-0.1, -0.05) is 0 Å². The molecule has 0 aromatic carbocycles. The first-order valence-corrected chi connectivity index (χ1v) is 5.34. The lowest BCUT2D eigenvalue weighted by Crippen LogP contribution is -2.01. The summed E-state index contributed by atoms with van der Waals surface area (Å²) < 4.78 is 8.89. The molecule has 0 unspecified atom stereocenters. The lowest BCUT2D eigenvalue weighted by Gasteiger charge is -1.98. The summed E-state index contributed by atoms with van der Waals surface area (Å²) in [4.78, 5) is 0. The van der Waals surface area contributed by atoms with Crippen LogP contribution in [0.15, 0.2) is 11.4 Å². The number of rotatable bonds is 0. The minimum Gasteiger partial charge on any atom is -0.375 e. The third-order valence-electron chi connectivity index (χ3n) is 2.34. The van der Waals surface area contributed by atoms with E-state index in [1.54, 1.807) is 11.3 Å². The van der Waals surface area contributed by atoms with E-state index in [2.05, 4.69) is 21.2 Å². The van der Waals surface area contributed by atoms with E-state index in [0.717, 1.165) is 31.7 Å². The van der Waals surface area contributed by atoms with E-state index in [4.69, 9.17) is 4.74 Å². The molecule has 13 heavy (non-hydrogen) atoms. The highest BCUT2D eigenvalue weighted by molar-refractivity contribution is 7.17. The van der Waals surface area contributed by atoms with Crippen molar-refractivity contribution < 1.29 is 4.74 Å². The van der Waals surface area contributed by atoms with Crippen molar-refractivity contribution in [1.82, 2.24) is 9.78 Å². The topological polar surface area (TPSA) is 27.1 Å². The van der Waals surface area contributed by atoms with Crippen molar-refractivity contribution in [2.45, 2.75) is 19.6 Å². The van der Waals surface area contributed by atoms with Crippen LogP contribution >= 0.6 is 11.3 Å². The van der Waals surface area contributed by atoms with E-state index in [0.29, 0.717) is 0 Å². The fraction of sp³-hybridized carbons (Fsp3) is 0.444. The molecule has 3 heterocycles. The number of ether oxygens (including phenoxy) is 1. The van der Waals surface area contributed by atoms with Gasteiger partial charge in [-0.15, -0.1) is 11.3 Å². The smallest absolute Gasteiger partial charge is 0.103 e. The summed E-state index contributed by atoms with van der Waals surface area (Å²) in [5.74, 6) is 0. The Balaban J connectivity index is 2.22. The Morgan fingerprint density at radius 3 is 3.54 bits per heavy atom. The molecule has 1 aliphatic rings. The molecule has 0 saturated heterocycles. The van der Waals surface area contributed by atoms with Crippen LogP contribution in [0.4, 0.5) is 0 Å². The van der Waals surface area contributed by atoms with Gasteiger partial charge in [-0.3, -0.25) is 4.68 Å². The van der Waals surface area contributed by atoms with Crippen molar-refractivity contribution in [1.29, 1.82) is 0 Å². The van der Waals surface area contributed by atoms with Crippen LogP contribution in [0.1, 0.15) is 12.1 Å². The summed E-state index contributed by atoms with van der Waals surface area (Å²) in [6.07, 6.45) is 1.07. The second-order valence-corrected chi connectivity index (χ2v) is 4.13. The number of hydrogen-bond acceptors (Lipinski definition) is 3. The van der Waals surface area contributed by atoms with Gasteiger partial charge in [0.2, 0.25) is 0 Å². The van der Waals surface area contributed by atoms with Gasteiger partial charge in [-0.05, 0) is 17.9 Å². The highest BCUT2D eigenvalue weighted by Crippen LogP contribution is 2.26. The average molecular weight is 194 g/mol. The molecule has 0 amide bonds. The molecule has 3 rings (SSSR count). The standard InChI is InChI=1S/C9H10N2OS/c1-3-11-8(6-12-4-1)9-7(10-11)2-5-13-9/h2,5H,1,3-4,6H2. The van der Waals surface area contributed by atoms with Gasteiger partial charge >= 0.3 is 0 Å². The number of aryl methyl sites for hydroxylation is 1. The Morgan fingerprint density at radius 2 is 2.54 bits per heavy atom. The summed E-state index contributed by atoms with van der Waals surface area (Å²) in [5, 5.41) is 6.61. The predicted molar refractivity (Wildman–Crippen MR) is 51.9 cm³/mol. The second kappa shape index (κ2) is 2.82. The highest BCUT2D eigenvalue weighted by atomic mass is 32.1. The van der Waals surface area contributed by atoms with Crippen LogP contribution in [0.25, 0.3) is 10.2 Å². The summed E-state index contributed by atoms with van der Waals surface area (Å²) in [5.41, 5.74) is 2.37. The molecule has 2 aromatic heterocycles. The van der Waals surface area contributed by atoms with Crippen molar-refractivity contribution in [3.63, 3.8) is 0 Å². The van der Waals surface area contributed by atoms with Crippen LogP contribution in [-0.4, -0.2) is 16.4 Å². The normalized spacial score (nSPS) is 17.2. The average Bonchev–Trinajstić information content (AvgIpc) is 2.61. The van der Waals surface area contributed by atoms with Crippen molar-refractivity contribution >= 4 is 21.6 Å². The van der Waals surface area contributed by atoms with E-state index in [1.807, 2.05) is 0 Å². The van der Waals surface area contributed by atoms with E-state index in [1.165, 1.54) is 10.4 Å². The van der Waals surface area contributed by atoms with Gasteiger partial charge in [0.05, 0.1) is 17.0 Å². The lowest BCUT2D eigenvalue weighted by atomic mass is 10.4. The molecule has 4 heteroatoms. The molecule has 0 aliphatic carbocycles. The fourth-order valence-electron chi connectivity index (χ4n) is 1.72. The van der Waals surface area contributed by atoms with Crippen LogP contribution in [-0.2, 0) is 17.9 Å². The van der Waals surface area contributed by atoms with Gasteiger partial charge in [0, 0.05) is 13.2 Å². The van der Waals surface area contributed by atoms with Crippen molar-refractivity contribution in [3.05, 3.63) is 17.1 Å². The third-order valence-corrected chi connectivity index (χ3v) is 3.30. The maximum Gasteiger partial charge on any atom is 0.103 e. The van der Waals surface area contributed by atoms with E-state index < -0.39 is 0 Å². The van der Waals surface area contributed by atoms with E-state index in [-0.39, 0.29) is 0 Å². The number of thiophene rings is 1. The van der Waals surface area contributed by atoms with Gasteiger partial charge in [-0.2, -0.15) is 5.10 Å². The SMILES string of the molecule is c1cc2nn3c(c2s1)COCCC3. The fourth-order valence-corrected chi connectivity index (χ4v) is 2.58. The lowest BCUT2D eigenvalue weighted by molar-refractivity contribution is 0.125. The molecule has 0 N–H and O–H groups in total. The maximum absolute atomic E-state index is 5.50. The number of fused-ring (bicyclic) bond motifs is 3. The third kappa shape index (κ3) is 1.09. The van der Waals surface area contributed by atoms with Crippen molar-refractivity contribution in [2.75, 3.05) is 6.61 Å². The number of nitrogens with zero attached hydrogens (tertiary/aromatic N) is 2. The summed E-state index contributed by atoms with van der Waals surface area (Å²) in [6.45, 7) is 2.57. The molecule has 68 valence electrons. The quantitative estimate of drug-likeness (QED) is 0.641. The highest BCUT2D eigenvalue weighted by Gasteiger charge is 2.14. The van der Waals surface area contributed by atoms with Crippen LogP contribution < -0.4 is 0 Å². The van der Waals surface area contributed by atoms with Gasteiger partial charge in [-0.25, -0.2) is 0 Å². The van der Waals surface area contributed by atoms with Crippen LogP contribution in [0, 0.1) is 0 Å². The summed E-state index contributed by atoms with van der Waals surface area (Å²) in [7, 11) is 0. The first-order valence-electron chi connectivity index (χ1n) is 4.46. The zero-order valence-electron chi connectivity index (χ0n) is 7.19. The molecular weight excluding hydrogens is 184 g/mol. The van der Waals surface area contributed by atoms with Crippen LogP contribution in [0.3, 0.4) is 0 Å². The Bertz CT molecular complexity index is 432. The van der Waals surface area contributed by atoms with Gasteiger partial charge in [0.25, 0.3) is 0 Å². The van der Waals surface area contributed by atoms with Crippen molar-refractivity contribution in [2.24, 2.45) is 0 Å². The first kappa shape index (κ1) is 7.53. The van der Waals surface area contributed by atoms with E-state index >= 15 is 0 Å². The molecule has 2 aromatic rings. The molecule has 0 bridgehead atoms. The maximum atomic E-state index is 5.50. The number of aromatic nitrogens is 2. The molecule has 0 atom stereocenters. The van der Waals surface area contributed by atoms with Gasteiger partial charge in [0.15, 0.2) is 0 Å². The second-order valence-electron chi connectivity index (χ2n) is 3.21. The Kier molecular flexibility index (Phi) is 1.63. The largest absolute Gasteiger partial charge is 0.375 e. The Labute approximate surface area is 79.9 Å². The Hall–Kier alpha value is -0.870. The minimum absolute atomic E-state index is 0.719. The zero-order valence-corrected chi connectivity index (χ0v) is 8.01. The Morgan fingerprint density at radius 1 is 1.54 bits per heavy atom. The predicted octanol–water partition coefficient (Wildman–Crippen LogP) is 2.02. The number of hydrogen-bond donors (Lipinski definition) is 0. The van der Waals surface area contributed by atoms with Gasteiger partial charge < -0.3 is 4.74 Å². The molecule has 3 nitrogen and oxygen atoms in total. The molecule has 0 spiro atoms. The molecule has 0 saturated carbocycles. The summed E-state index contributed by atoms with van der Waals surface area (Å²) >= 11 is 1.75. The monoisotopic (exact) mass is 194 g/mol. The first-order chi connectivity index (χ1) is 6.45. The molecule has 0 radical (unpaired) electrons. The zero-order chi connectivity index (χ0) is 8.67. The van der Waals surface area contributed by atoms with Crippen LogP contribution in [0.5, 0.6) is 0 Å². The molecular formula is C9H10N2OS. The van der Waals surface area contributed by atoms with Crippen molar-refractivity contribution in [3.8, 4) is 0 Å². The summed E-state index contributed by atoms with van der Waals surface area (Å²) in [6, 6.07) is 2.07. The molecule has 1 aliphatic heterocycles. The van der Waals surface area contributed by atoms with Crippen LogP contribution in [0.2, 0.25) is 0 Å². The van der Waals surface area contributed by atoms with Gasteiger partial charge in [0.1, 0.15) is 5.52 Å².